The van der Waals surface area contributed by atoms with Crippen LogP contribution in [0.1, 0.15) is 25.0 Å². The van der Waals surface area contributed by atoms with Gasteiger partial charge in [0.05, 0.1) is 6.10 Å². The van der Waals surface area contributed by atoms with Crippen LogP contribution in [0.3, 0.4) is 0 Å². The van der Waals surface area contributed by atoms with Gasteiger partial charge in [0.25, 0.3) is 0 Å². The van der Waals surface area contributed by atoms with Crippen molar-refractivity contribution in [3.05, 3.63) is 71.5 Å². The van der Waals surface area contributed by atoms with E-state index < -0.39 is 5.97 Å². The van der Waals surface area contributed by atoms with Crippen LogP contribution in [0.15, 0.2) is 60.4 Å². The van der Waals surface area contributed by atoms with Crippen LogP contribution in [0.5, 0.6) is 5.75 Å². The van der Waals surface area contributed by atoms with Gasteiger partial charge in [-0.1, -0.05) is 42.5 Å². The lowest BCUT2D eigenvalue weighted by Gasteiger charge is -2.10. The van der Waals surface area contributed by atoms with Gasteiger partial charge in [-0.15, -0.1) is 0 Å². The van der Waals surface area contributed by atoms with Gasteiger partial charge in [-0.2, -0.15) is 0 Å². The Morgan fingerprint density at radius 1 is 1.09 bits per heavy atom. The molecule has 4 nitrogen and oxygen atoms in total. The van der Waals surface area contributed by atoms with Crippen LogP contribution in [0, 0.1) is 0 Å². The third-order valence-corrected chi connectivity index (χ3v) is 3.00. The first kappa shape index (κ1) is 16.6. The predicted octanol–water partition coefficient (Wildman–Crippen LogP) is 4.12. The van der Waals surface area contributed by atoms with E-state index in [9.17, 15) is 4.79 Å². The standard InChI is InChI=1S/C19H20O4/c1-14(2)23-18(19(20)21)12-15-8-10-17(11-9-15)22-13-16-6-4-3-5-7-16/h3-12,14H,13H2,1-2H3,(H,20,21). The van der Waals surface area contributed by atoms with Crippen molar-refractivity contribution < 1.29 is 19.4 Å². The van der Waals surface area contributed by atoms with Gasteiger partial charge < -0.3 is 14.6 Å². The Labute approximate surface area is 136 Å². The molecule has 0 radical (unpaired) electrons. The Bertz CT molecular complexity index is 658. The van der Waals surface area contributed by atoms with Crippen molar-refractivity contribution in [2.24, 2.45) is 0 Å². The molecule has 4 heteroatoms. The number of rotatable bonds is 7. The lowest BCUT2D eigenvalue weighted by atomic mass is 10.2. The summed E-state index contributed by atoms with van der Waals surface area (Å²) in [6.07, 6.45) is 1.31. The summed E-state index contributed by atoms with van der Waals surface area (Å²) in [6.45, 7) is 4.07. The minimum absolute atomic E-state index is 0.0713. The minimum Gasteiger partial charge on any atom is -0.489 e. The van der Waals surface area contributed by atoms with Crippen LogP contribution in [-0.4, -0.2) is 17.2 Å². The molecule has 2 rings (SSSR count). The average Bonchev–Trinajstić information content (AvgIpc) is 2.54. The first-order valence-electron chi connectivity index (χ1n) is 7.43. The molecule has 0 aliphatic heterocycles. The second-order valence-corrected chi connectivity index (χ2v) is 5.32. The van der Waals surface area contributed by atoms with Crippen LogP contribution >= 0.6 is 0 Å². The summed E-state index contributed by atoms with van der Waals surface area (Å²) in [4.78, 5) is 11.1. The molecule has 0 heterocycles. The average molecular weight is 312 g/mol. The maximum Gasteiger partial charge on any atom is 0.371 e. The Balaban J connectivity index is 2.02. The number of carbonyl (C=O) groups is 1. The fourth-order valence-corrected chi connectivity index (χ4v) is 1.95. The second kappa shape index (κ2) is 8.03. The van der Waals surface area contributed by atoms with E-state index in [0.717, 1.165) is 16.9 Å². The van der Waals surface area contributed by atoms with Crippen molar-refractivity contribution in [3.8, 4) is 5.75 Å². The molecule has 2 aromatic rings. The van der Waals surface area contributed by atoms with Gasteiger partial charge in [0, 0.05) is 0 Å². The molecule has 120 valence electrons. The fraction of sp³-hybridized carbons (Fsp3) is 0.211. The molecule has 0 aliphatic rings. The molecule has 23 heavy (non-hydrogen) atoms. The number of carboxylic acid groups (broad SMARTS) is 1. The van der Waals surface area contributed by atoms with Crippen molar-refractivity contribution in [3.63, 3.8) is 0 Å². The third kappa shape index (κ3) is 5.51. The molecule has 0 fully saturated rings. The number of aliphatic carboxylic acids is 1. The quantitative estimate of drug-likeness (QED) is 0.617. The van der Waals surface area contributed by atoms with E-state index in [1.165, 1.54) is 6.08 Å². The summed E-state index contributed by atoms with van der Waals surface area (Å²) >= 11 is 0. The third-order valence-electron chi connectivity index (χ3n) is 3.00. The number of hydrogen-bond acceptors (Lipinski definition) is 3. The first-order chi connectivity index (χ1) is 11.0. The smallest absolute Gasteiger partial charge is 0.371 e. The summed E-state index contributed by atoms with van der Waals surface area (Å²) < 4.78 is 11.0. The molecule has 0 amide bonds. The van der Waals surface area contributed by atoms with Gasteiger partial charge in [0.2, 0.25) is 5.76 Å². The van der Waals surface area contributed by atoms with Crippen LogP contribution in [-0.2, 0) is 16.1 Å². The number of benzene rings is 2. The lowest BCUT2D eigenvalue weighted by Crippen LogP contribution is -2.10. The Hall–Kier alpha value is -2.75. The van der Waals surface area contributed by atoms with Crippen molar-refractivity contribution in [1.29, 1.82) is 0 Å². The normalized spacial score (nSPS) is 11.3. The van der Waals surface area contributed by atoms with E-state index in [0.29, 0.717) is 6.61 Å². The van der Waals surface area contributed by atoms with Crippen molar-refractivity contribution in [2.45, 2.75) is 26.6 Å². The highest BCUT2D eigenvalue weighted by atomic mass is 16.5. The summed E-state index contributed by atoms with van der Waals surface area (Å²) in [6, 6.07) is 17.1. The minimum atomic E-state index is -1.08. The van der Waals surface area contributed by atoms with E-state index in [1.54, 1.807) is 26.0 Å². The van der Waals surface area contributed by atoms with E-state index in [-0.39, 0.29) is 11.9 Å². The van der Waals surface area contributed by atoms with Crippen LogP contribution in [0.2, 0.25) is 0 Å². The van der Waals surface area contributed by atoms with Crippen LogP contribution in [0.25, 0.3) is 6.08 Å². The number of hydrogen-bond donors (Lipinski definition) is 1. The van der Waals surface area contributed by atoms with Crippen LogP contribution < -0.4 is 4.74 Å². The molecule has 2 aromatic carbocycles. The van der Waals surface area contributed by atoms with E-state index in [1.807, 2.05) is 42.5 Å². The molecule has 0 atom stereocenters. The topological polar surface area (TPSA) is 55.8 Å². The maximum absolute atomic E-state index is 11.1. The Morgan fingerprint density at radius 2 is 1.74 bits per heavy atom. The zero-order valence-corrected chi connectivity index (χ0v) is 13.2. The van der Waals surface area contributed by atoms with E-state index in [2.05, 4.69) is 0 Å². The Kier molecular flexibility index (Phi) is 5.80. The van der Waals surface area contributed by atoms with Gasteiger partial charge in [0.15, 0.2) is 0 Å². The molecule has 0 saturated heterocycles. The molecule has 1 N–H and O–H groups in total. The van der Waals surface area contributed by atoms with Crippen molar-refractivity contribution >= 4 is 12.0 Å². The predicted molar refractivity (Wildman–Crippen MR) is 89.0 cm³/mol. The molecule has 0 saturated carbocycles. The highest BCUT2D eigenvalue weighted by Gasteiger charge is 2.10. The molecule has 0 spiro atoms. The van der Waals surface area contributed by atoms with Gasteiger partial charge in [0.1, 0.15) is 12.4 Å². The zero-order chi connectivity index (χ0) is 16.7. The molecular formula is C19H20O4. The van der Waals surface area contributed by atoms with E-state index >= 15 is 0 Å². The lowest BCUT2D eigenvalue weighted by molar-refractivity contribution is -0.137. The summed E-state index contributed by atoms with van der Waals surface area (Å²) in [5.41, 5.74) is 1.84. The molecule has 0 aliphatic carbocycles. The first-order valence-corrected chi connectivity index (χ1v) is 7.43. The maximum atomic E-state index is 11.1. The molecule has 0 bridgehead atoms. The zero-order valence-electron chi connectivity index (χ0n) is 13.2. The largest absolute Gasteiger partial charge is 0.489 e. The molecule has 0 unspecified atom stereocenters. The molecular weight excluding hydrogens is 292 g/mol. The Morgan fingerprint density at radius 3 is 2.30 bits per heavy atom. The van der Waals surface area contributed by atoms with Crippen LogP contribution in [0.4, 0.5) is 0 Å². The fourth-order valence-electron chi connectivity index (χ4n) is 1.95. The monoisotopic (exact) mass is 312 g/mol. The summed E-state index contributed by atoms with van der Waals surface area (Å²) in [7, 11) is 0. The van der Waals surface area contributed by atoms with Gasteiger partial charge >= 0.3 is 5.97 Å². The second-order valence-electron chi connectivity index (χ2n) is 5.32. The highest BCUT2D eigenvalue weighted by Crippen LogP contribution is 2.17. The highest BCUT2D eigenvalue weighted by molar-refractivity contribution is 5.89. The van der Waals surface area contributed by atoms with Crippen molar-refractivity contribution in [2.75, 3.05) is 0 Å². The summed E-state index contributed by atoms with van der Waals surface area (Å²) in [5.74, 6) is -0.422. The van der Waals surface area contributed by atoms with E-state index in [4.69, 9.17) is 14.6 Å². The summed E-state index contributed by atoms with van der Waals surface area (Å²) in [5, 5.41) is 9.13. The number of ether oxygens (including phenoxy) is 2. The molecule has 0 aromatic heterocycles. The SMILES string of the molecule is CC(C)OC(=Cc1ccc(OCc2ccccc2)cc1)C(=O)O. The van der Waals surface area contributed by atoms with Gasteiger partial charge in [-0.3, -0.25) is 0 Å². The van der Waals surface area contributed by atoms with Crippen molar-refractivity contribution in [1.82, 2.24) is 0 Å². The van der Waals surface area contributed by atoms with Gasteiger partial charge in [-0.05, 0) is 43.2 Å². The number of carboxylic acids is 1. The van der Waals surface area contributed by atoms with Gasteiger partial charge in [-0.25, -0.2) is 4.79 Å².